The van der Waals surface area contributed by atoms with Gasteiger partial charge in [0.25, 0.3) is 0 Å². The van der Waals surface area contributed by atoms with Crippen molar-refractivity contribution in [2.24, 2.45) is 5.73 Å². The molecule has 1 fully saturated rings. The first kappa shape index (κ1) is 14.5. The largest absolute Gasteiger partial charge is 0.370 e. The molecule has 19 heavy (non-hydrogen) atoms. The maximum absolute atomic E-state index is 5.73. The van der Waals surface area contributed by atoms with E-state index in [4.69, 9.17) is 15.0 Å². The highest BCUT2D eigenvalue weighted by Crippen LogP contribution is 2.38. The van der Waals surface area contributed by atoms with Crippen LogP contribution in [-0.4, -0.2) is 23.8 Å². The monoisotopic (exact) mass is 267 g/mol. The Balaban J connectivity index is 2.10. The summed E-state index contributed by atoms with van der Waals surface area (Å²) in [4.78, 5) is 4.59. The minimum Gasteiger partial charge on any atom is -0.370 e. The Hall–Kier alpha value is -0.940. The molecular weight excluding hydrogens is 242 g/mol. The van der Waals surface area contributed by atoms with Gasteiger partial charge in [0.1, 0.15) is 5.60 Å². The van der Waals surface area contributed by atoms with Crippen molar-refractivity contribution in [3.05, 3.63) is 11.7 Å². The summed E-state index contributed by atoms with van der Waals surface area (Å²) in [5.74, 6) is 1.71. The van der Waals surface area contributed by atoms with Gasteiger partial charge in [-0.05, 0) is 32.2 Å². The zero-order valence-corrected chi connectivity index (χ0v) is 12.0. The minimum atomic E-state index is -0.326. The Morgan fingerprint density at radius 1 is 1.37 bits per heavy atom. The van der Waals surface area contributed by atoms with Gasteiger partial charge in [-0.2, -0.15) is 4.98 Å². The number of nitrogens with two attached hydrogens (primary N) is 1. The molecule has 0 amide bonds. The topological polar surface area (TPSA) is 74.2 Å². The van der Waals surface area contributed by atoms with E-state index in [1.54, 1.807) is 7.11 Å². The molecule has 0 aromatic carbocycles. The van der Waals surface area contributed by atoms with Gasteiger partial charge in [0.05, 0.1) is 0 Å². The van der Waals surface area contributed by atoms with Crippen LogP contribution in [0.4, 0.5) is 0 Å². The number of hydrogen-bond donors (Lipinski definition) is 1. The van der Waals surface area contributed by atoms with Crippen LogP contribution in [0.1, 0.15) is 69.5 Å². The predicted octanol–water partition coefficient (Wildman–Crippen LogP) is 2.72. The molecule has 1 heterocycles. The van der Waals surface area contributed by atoms with Gasteiger partial charge in [0.15, 0.2) is 0 Å². The van der Waals surface area contributed by atoms with Gasteiger partial charge in [-0.25, -0.2) is 0 Å². The fraction of sp³-hybridized carbons (Fsp3) is 0.857. The molecule has 108 valence electrons. The maximum Gasteiger partial charge on any atom is 0.229 e. The molecule has 0 spiro atoms. The van der Waals surface area contributed by atoms with Gasteiger partial charge in [-0.1, -0.05) is 31.3 Å². The molecular formula is C14H25N3O2. The molecule has 0 aliphatic heterocycles. The van der Waals surface area contributed by atoms with Crippen molar-refractivity contribution in [2.45, 2.75) is 63.4 Å². The molecule has 1 atom stereocenters. The second-order valence-corrected chi connectivity index (χ2v) is 5.55. The minimum absolute atomic E-state index is 0.266. The molecule has 1 aliphatic carbocycles. The lowest BCUT2D eigenvalue weighted by molar-refractivity contribution is -0.0527. The first-order valence-electron chi connectivity index (χ1n) is 7.31. The highest BCUT2D eigenvalue weighted by atomic mass is 16.5. The third-order valence-corrected chi connectivity index (χ3v) is 4.16. The van der Waals surface area contributed by atoms with Crippen molar-refractivity contribution in [3.8, 4) is 0 Å². The molecule has 0 bridgehead atoms. The number of aromatic nitrogens is 2. The van der Waals surface area contributed by atoms with Gasteiger partial charge in [0.2, 0.25) is 11.7 Å². The fourth-order valence-corrected chi connectivity index (χ4v) is 2.81. The third-order valence-electron chi connectivity index (χ3n) is 4.16. The number of nitrogens with zero attached hydrogens (tertiary/aromatic N) is 2. The van der Waals surface area contributed by atoms with E-state index < -0.39 is 0 Å². The molecule has 1 saturated carbocycles. The third kappa shape index (κ3) is 3.15. The fourth-order valence-electron chi connectivity index (χ4n) is 2.81. The molecule has 0 radical (unpaired) electrons. The summed E-state index contributed by atoms with van der Waals surface area (Å²) in [6, 6.07) is 0. The average molecular weight is 267 g/mol. The van der Waals surface area contributed by atoms with Gasteiger partial charge in [-0.15, -0.1) is 0 Å². The van der Waals surface area contributed by atoms with Crippen molar-refractivity contribution in [2.75, 3.05) is 13.7 Å². The van der Waals surface area contributed by atoms with Crippen molar-refractivity contribution >= 4 is 0 Å². The number of hydrogen-bond acceptors (Lipinski definition) is 5. The van der Waals surface area contributed by atoms with E-state index in [0.717, 1.165) is 31.5 Å². The molecule has 5 heteroatoms. The van der Waals surface area contributed by atoms with E-state index >= 15 is 0 Å². The SMILES string of the molecule is COC1(c2noc(C(C)CCCN)n2)CCCCC1. The van der Waals surface area contributed by atoms with Crippen LogP contribution in [0.3, 0.4) is 0 Å². The maximum atomic E-state index is 5.73. The molecule has 1 aromatic rings. The predicted molar refractivity (Wildman–Crippen MR) is 72.8 cm³/mol. The van der Waals surface area contributed by atoms with Gasteiger partial charge >= 0.3 is 0 Å². The quantitative estimate of drug-likeness (QED) is 0.857. The lowest BCUT2D eigenvalue weighted by atomic mass is 9.84. The highest BCUT2D eigenvalue weighted by Gasteiger charge is 2.38. The van der Waals surface area contributed by atoms with E-state index in [1.807, 2.05) is 0 Å². The van der Waals surface area contributed by atoms with Crippen LogP contribution in [0, 0.1) is 0 Å². The van der Waals surface area contributed by atoms with E-state index in [0.29, 0.717) is 12.4 Å². The summed E-state index contributed by atoms with van der Waals surface area (Å²) in [5.41, 5.74) is 5.21. The standard InChI is InChI=1S/C14H25N3O2/c1-11(7-6-10-15)12-16-13(17-19-12)14(18-2)8-4-3-5-9-14/h11H,3-10,15H2,1-2H3. The van der Waals surface area contributed by atoms with Crippen molar-refractivity contribution < 1.29 is 9.26 Å². The number of methoxy groups -OCH3 is 1. The van der Waals surface area contributed by atoms with E-state index in [9.17, 15) is 0 Å². The Labute approximate surface area is 114 Å². The Morgan fingerprint density at radius 2 is 2.11 bits per heavy atom. The molecule has 5 nitrogen and oxygen atoms in total. The first-order chi connectivity index (χ1) is 9.22. The van der Waals surface area contributed by atoms with Crippen molar-refractivity contribution in [1.82, 2.24) is 10.1 Å². The van der Waals surface area contributed by atoms with Crippen LogP contribution in [0.15, 0.2) is 4.52 Å². The van der Waals surface area contributed by atoms with Crippen LogP contribution in [0.2, 0.25) is 0 Å². The molecule has 1 unspecified atom stereocenters. The molecule has 1 aromatic heterocycles. The van der Waals surface area contributed by atoms with Crippen LogP contribution in [0.25, 0.3) is 0 Å². The summed E-state index contributed by atoms with van der Waals surface area (Å²) in [5, 5.41) is 4.17. The summed E-state index contributed by atoms with van der Waals surface area (Å²) in [7, 11) is 1.75. The second kappa shape index (κ2) is 6.48. The van der Waals surface area contributed by atoms with Crippen molar-refractivity contribution in [1.29, 1.82) is 0 Å². The number of rotatable bonds is 6. The molecule has 0 saturated heterocycles. The van der Waals surface area contributed by atoms with E-state index in [2.05, 4.69) is 17.1 Å². The summed E-state index contributed by atoms with van der Waals surface area (Å²) in [6.07, 6.45) is 7.54. The van der Waals surface area contributed by atoms with Gasteiger partial charge < -0.3 is 15.0 Å². The van der Waals surface area contributed by atoms with Crippen LogP contribution in [-0.2, 0) is 10.3 Å². The number of ether oxygens (including phenoxy) is 1. The second-order valence-electron chi connectivity index (χ2n) is 5.55. The zero-order chi connectivity index (χ0) is 13.7. The molecule has 1 aliphatic rings. The normalized spacial score (nSPS) is 20.4. The lowest BCUT2D eigenvalue weighted by Crippen LogP contribution is -2.32. The Kier molecular flexibility index (Phi) is 4.93. The summed E-state index contributed by atoms with van der Waals surface area (Å²) >= 11 is 0. The molecule has 2 N–H and O–H groups in total. The van der Waals surface area contributed by atoms with Crippen LogP contribution >= 0.6 is 0 Å². The van der Waals surface area contributed by atoms with Crippen LogP contribution < -0.4 is 5.73 Å². The lowest BCUT2D eigenvalue weighted by Gasteiger charge is -2.32. The van der Waals surface area contributed by atoms with Crippen molar-refractivity contribution in [3.63, 3.8) is 0 Å². The Morgan fingerprint density at radius 3 is 2.74 bits per heavy atom. The highest BCUT2D eigenvalue weighted by molar-refractivity contribution is 5.04. The Bertz CT molecular complexity index is 386. The smallest absolute Gasteiger partial charge is 0.229 e. The van der Waals surface area contributed by atoms with Gasteiger partial charge in [-0.3, -0.25) is 0 Å². The summed E-state index contributed by atoms with van der Waals surface area (Å²) in [6.45, 7) is 2.81. The first-order valence-corrected chi connectivity index (χ1v) is 7.31. The summed E-state index contributed by atoms with van der Waals surface area (Å²) < 4.78 is 11.2. The zero-order valence-electron chi connectivity index (χ0n) is 12.0. The van der Waals surface area contributed by atoms with Crippen LogP contribution in [0.5, 0.6) is 0 Å². The van der Waals surface area contributed by atoms with E-state index in [-0.39, 0.29) is 11.5 Å². The van der Waals surface area contributed by atoms with E-state index in [1.165, 1.54) is 19.3 Å². The average Bonchev–Trinajstić information content (AvgIpc) is 2.96. The van der Waals surface area contributed by atoms with Gasteiger partial charge in [0, 0.05) is 13.0 Å². The molecule has 2 rings (SSSR count).